The largest absolute Gasteiger partial charge is 0.497 e. The number of thioether (sulfide) groups is 1. The maximum Gasteiger partial charge on any atom is 0.260 e. The van der Waals surface area contributed by atoms with Crippen molar-refractivity contribution in [2.75, 3.05) is 12.4 Å². The summed E-state index contributed by atoms with van der Waals surface area (Å²) >= 11 is 1.50. The van der Waals surface area contributed by atoms with Crippen molar-refractivity contribution in [1.29, 1.82) is 0 Å². The summed E-state index contributed by atoms with van der Waals surface area (Å²) in [5.41, 5.74) is 1.85. The maximum atomic E-state index is 12.1. The second-order valence-electron chi connectivity index (χ2n) is 5.41. The smallest absolute Gasteiger partial charge is 0.260 e. The number of benzene rings is 1. The van der Waals surface area contributed by atoms with Crippen LogP contribution < -0.4 is 15.4 Å². The van der Waals surface area contributed by atoms with Gasteiger partial charge in [-0.15, -0.1) is 0 Å². The number of rotatable bonds is 1. The zero-order valence-electron chi connectivity index (χ0n) is 11.2. The van der Waals surface area contributed by atoms with Gasteiger partial charge in [0, 0.05) is 22.6 Å². The molecular weight excluding hydrogens is 260 g/mol. The molecule has 0 spiro atoms. The van der Waals surface area contributed by atoms with Crippen LogP contribution in [-0.2, 0) is 4.79 Å². The highest BCUT2D eigenvalue weighted by Gasteiger charge is 2.35. The number of fused-ring (bicyclic) bond motifs is 1. The molecule has 0 bridgehead atoms. The Morgan fingerprint density at radius 3 is 2.89 bits per heavy atom. The van der Waals surface area contributed by atoms with E-state index < -0.39 is 0 Å². The maximum absolute atomic E-state index is 12.1. The molecule has 100 valence electrons. The fraction of sp³-hybridized carbons (Fsp3) is 0.357. The van der Waals surface area contributed by atoms with Crippen molar-refractivity contribution in [3.05, 3.63) is 28.8 Å². The van der Waals surface area contributed by atoms with E-state index in [1.165, 1.54) is 11.8 Å². The molecule has 2 N–H and O–H groups in total. The first-order chi connectivity index (χ1) is 8.98. The molecular formula is C14H16N2O2S. The van der Waals surface area contributed by atoms with E-state index in [0.29, 0.717) is 0 Å². The Labute approximate surface area is 116 Å². The van der Waals surface area contributed by atoms with Crippen LogP contribution in [0.3, 0.4) is 0 Å². The Bertz CT molecular complexity index is 593. The third kappa shape index (κ3) is 2.18. The predicted molar refractivity (Wildman–Crippen MR) is 76.3 cm³/mol. The van der Waals surface area contributed by atoms with Gasteiger partial charge >= 0.3 is 0 Å². The second kappa shape index (κ2) is 4.20. The minimum atomic E-state index is -0.201. The quantitative estimate of drug-likeness (QED) is 0.828. The van der Waals surface area contributed by atoms with E-state index in [0.717, 1.165) is 33.4 Å². The number of carbonyl (C=O) groups is 1. The molecule has 1 amide bonds. The summed E-state index contributed by atoms with van der Waals surface area (Å²) in [4.78, 5) is 13.9. The average Bonchev–Trinajstić information content (AvgIpc) is 2.35. The molecule has 2 aliphatic heterocycles. The molecule has 1 aromatic rings. The van der Waals surface area contributed by atoms with E-state index in [9.17, 15) is 4.79 Å². The SMILES string of the molecule is COc1ccc2c(c1)SC1=C(CC(C)(C)NC1=O)N2. The van der Waals surface area contributed by atoms with Crippen molar-refractivity contribution in [1.82, 2.24) is 5.32 Å². The summed E-state index contributed by atoms with van der Waals surface area (Å²) in [6.07, 6.45) is 0.812. The summed E-state index contributed by atoms with van der Waals surface area (Å²) in [5.74, 6) is 0.797. The van der Waals surface area contributed by atoms with Crippen LogP contribution in [0.1, 0.15) is 20.3 Å². The number of carbonyl (C=O) groups excluding carboxylic acids is 1. The molecule has 3 rings (SSSR count). The lowest BCUT2D eigenvalue weighted by Crippen LogP contribution is -2.48. The average molecular weight is 276 g/mol. The molecule has 0 fully saturated rings. The standard InChI is InChI=1S/C14H16N2O2S/c1-14(2)7-10-12(13(17)16-14)19-11-6-8(18-3)4-5-9(11)15-10/h4-6,15H,7H2,1-3H3,(H,16,17). The summed E-state index contributed by atoms with van der Waals surface area (Å²) in [5, 5.41) is 6.40. The second-order valence-corrected chi connectivity index (χ2v) is 6.46. The lowest BCUT2D eigenvalue weighted by Gasteiger charge is -2.36. The first kappa shape index (κ1) is 12.4. The van der Waals surface area contributed by atoms with Crippen LogP contribution in [0.5, 0.6) is 5.75 Å². The van der Waals surface area contributed by atoms with Crippen LogP contribution in [0, 0.1) is 0 Å². The fourth-order valence-corrected chi connectivity index (χ4v) is 3.38. The number of anilines is 1. The van der Waals surface area contributed by atoms with Crippen molar-refractivity contribution in [3.8, 4) is 5.75 Å². The predicted octanol–water partition coefficient (Wildman–Crippen LogP) is 2.72. The Hall–Kier alpha value is -1.62. The minimum Gasteiger partial charge on any atom is -0.497 e. The minimum absolute atomic E-state index is 0.00257. The van der Waals surface area contributed by atoms with Gasteiger partial charge in [0.25, 0.3) is 5.91 Å². The van der Waals surface area contributed by atoms with Crippen molar-refractivity contribution >= 4 is 23.4 Å². The van der Waals surface area contributed by atoms with Crippen molar-refractivity contribution in [2.45, 2.75) is 30.7 Å². The summed E-state index contributed by atoms with van der Waals surface area (Å²) in [6, 6.07) is 5.86. The van der Waals surface area contributed by atoms with Gasteiger partial charge in [-0.25, -0.2) is 0 Å². The molecule has 1 aromatic carbocycles. The van der Waals surface area contributed by atoms with Gasteiger partial charge in [-0.1, -0.05) is 11.8 Å². The molecule has 0 radical (unpaired) electrons. The highest BCUT2D eigenvalue weighted by molar-refractivity contribution is 8.04. The molecule has 2 aliphatic rings. The van der Waals surface area contributed by atoms with Gasteiger partial charge in [-0.3, -0.25) is 4.79 Å². The monoisotopic (exact) mass is 276 g/mol. The number of nitrogens with one attached hydrogen (secondary N) is 2. The molecule has 5 heteroatoms. The Morgan fingerprint density at radius 2 is 2.16 bits per heavy atom. The normalized spacial score (nSPS) is 20.1. The Balaban J connectivity index is 1.98. The van der Waals surface area contributed by atoms with Crippen molar-refractivity contribution in [2.24, 2.45) is 0 Å². The zero-order valence-corrected chi connectivity index (χ0v) is 12.0. The van der Waals surface area contributed by atoms with Gasteiger partial charge in [-0.05, 0) is 32.0 Å². The van der Waals surface area contributed by atoms with Crippen LogP contribution in [0.25, 0.3) is 0 Å². The van der Waals surface area contributed by atoms with Crippen LogP contribution in [0.15, 0.2) is 33.7 Å². The van der Waals surface area contributed by atoms with E-state index in [-0.39, 0.29) is 11.4 Å². The van der Waals surface area contributed by atoms with E-state index in [1.54, 1.807) is 7.11 Å². The molecule has 2 heterocycles. The highest BCUT2D eigenvalue weighted by atomic mass is 32.2. The highest BCUT2D eigenvalue weighted by Crippen LogP contribution is 2.44. The summed E-state index contributed by atoms with van der Waals surface area (Å²) < 4.78 is 5.22. The van der Waals surface area contributed by atoms with Crippen LogP contribution in [0.2, 0.25) is 0 Å². The lowest BCUT2D eigenvalue weighted by atomic mass is 9.94. The molecule has 0 saturated heterocycles. The Morgan fingerprint density at radius 1 is 1.37 bits per heavy atom. The van der Waals surface area contributed by atoms with Gasteiger partial charge in [-0.2, -0.15) is 0 Å². The van der Waals surface area contributed by atoms with E-state index in [2.05, 4.69) is 10.6 Å². The number of methoxy groups -OCH3 is 1. The first-order valence-electron chi connectivity index (χ1n) is 6.17. The molecule has 0 atom stereocenters. The van der Waals surface area contributed by atoms with E-state index in [1.807, 2.05) is 32.0 Å². The number of ether oxygens (including phenoxy) is 1. The summed E-state index contributed by atoms with van der Waals surface area (Å²) in [7, 11) is 1.64. The third-order valence-corrected chi connectivity index (χ3v) is 4.43. The van der Waals surface area contributed by atoms with Crippen LogP contribution in [-0.4, -0.2) is 18.6 Å². The third-order valence-electron chi connectivity index (χ3n) is 3.24. The van der Waals surface area contributed by atoms with Gasteiger partial charge in [0.2, 0.25) is 0 Å². The molecule has 0 unspecified atom stereocenters. The number of hydrogen-bond donors (Lipinski definition) is 2. The van der Waals surface area contributed by atoms with Gasteiger partial charge < -0.3 is 15.4 Å². The molecule has 0 aromatic heterocycles. The van der Waals surface area contributed by atoms with E-state index >= 15 is 0 Å². The first-order valence-corrected chi connectivity index (χ1v) is 6.99. The molecule has 0 aliphatic carbocycles. The molecule has 0 saturated carbocycles. The van der Waals surface area contributed by atoms with Gasteiger partial charge in [0.1, 0.15) is 5.75 Å². The molecule has 19 heavy (non-hydrogen) atoms. The summed E-state index contributed by atoms with van der Waals surface area (Å²) in [6.45, 7) is 4.06. The van der Waals surface area contributed by atoms with E-state index in [4.69, 9.17) is 4.74 Å². The van der Waals surface area contributed by atoms with Crippen molar-refractivity contribution in [3.63, 3.8) is 0 Å². The topological polar surface area (TPSA) is 50.4 Å². The fourth-order valence-electron chi connectivity index (χ4n) is 2.37. The van der Waals surface area contributed by atoms with Crippen LogP contribution in [0.4, 0.5) is 5.69 Å². The van der Waals surface area contributed by atoms with Gasteiger partial charge in [0.15, 0.2) is 0 Å². The molecule has 4 nitrogen and oxygen atoms in total. The van der Waals surface area contributed by atoms with Crippen LogP contribution >= 0.6 is 11.8 Å². The number of hydrogen-bond acceptors (Lipinski definition) is 4. The Kier molecular flexibility index (Phi) is 2.74. The number of amides is 1. The van der Waals surface area contributed by atoms with Gasteiger partial charge in [0.05, 0.1) is 17.7 Å². The zero-order chi connectivity index (χ0) is 13.6. The lowest BCUT2D eigenvalue weighted by molar-refractivity contribution is -0.118. The van der Waals surface area contributed by atoms with Crippen molar-refractivity contribution < 1.29 is 9.53 Å².